The van der Waals surface area contributed by atoms with Gasteiger partial charge >= 0.3 is 0 Å². The molecule has 0 saturated heterocycles. The van der Waals surface area contributed by atoms with Gasteiger partial charge in [-0.3, -0.25) is 4.79 Å². The number of halogens is 2. The molecule has 2 aromatic heterocycles. The molecule has 8 heteroatoms. The van der Waals surface area contributed by atoms with E-state index in [4.69, 9.17) is 28.2 Å². The van der Waals surface area contributed by atoms with E-state index in [9.17, 15) is 4.79 Å². The van der Waals surface area contributed by atoms with Crippen molar-refractivity contribution in [3.05, 3.63) is 33.2 Å². The molecule has 2 heterocycles. The van der Waals surface area contributed by atoms with Crippen molar-refractivity contribution in [1.82, 2.24) is 14.5 Å². The summed E-state index contributed by atoms with van der Waals surface area (Å²) in [5, 5.41) is 4.54. The molecule has 1 fully saturated rings. The molecule has 0 unspecified atom stereocenters. The fourth-order valence-corrected chi connectivity index (χ4v) is 4.76. The third kappa shape index (κ3) is 4.61. The number of rotatable bonds is 5. The number of thioether (sulfide) groups is 1. The van der Waals surface area contributed by atoms with Gasteiger partial charge in [0.05, 0.1) is 21.5 Å². The highest BCUT2D eigenvalue weighted by molar-refractivity contribution is 7.99. The predicted octanol–water partition coefficient (Wildman–Crippen LogP) is 5.75. The molecule has 0 aromatic carbocycles. The SMILES string of the molecule is Cc1nc(SCC(=O)Nc2ncc(Cl)c(C)c2Cl)n(C2CCCCC2)c1C. The number of anilines is 1. The van der Waals surface area contributed by atoms with Crippen molar-refractivity contribution < 1.29 is 4.79 Å². The van der Waals surface area contributed by atoms with E-state index in [1.165, 1.54) is 55.8 Å². The number of carbonyl (C=O) groups excluding carboxylic acids is 1. The minimum Gasteiger partial charge on any atom is -0.320 e. The summed E-state index contributed by atoms with van der Waals surface area (Å²) < 4.78 is 2.32. The first-order valence-corrected chi connectivity index (χ1v) is 10.9. The van der Waals surface area contributed by atoms with Crippen molar-refractivity contribution >= 4 is 46.7 Å². The van der Waals surface area contributed by atoms with Crippen LogP contribution in [0.15, 0.2) is 11.4 Å². The summed E-state index contributed by atoms with van der Waals surface area (Å²) in [6.45, 7) is 5.93. The van der Waals surface area contributed by atoms with Crippen LogP contribution in [-0.2, 0) is 4.79 Å². The van der Waals surface area contributed by atoms with Crippen molar-refractivity contribution in [2.75, 3.05) is 11.1 Å². The fourth-order valence-electron chi connectivity index (χ4n) is 3.41. The number of aryl methyl sites for hydroxylation is 1. The number of imidazole rings is 1. The summed E-state index contributed by atoms with van der Waals surface area (Å²) in [5.41, 5.74) is 2.93. The van der Waals surface area contributed by atoms with Crippen LogP contribution >= 0.6 is 35.0 Å². The third-order valence-corrected chi connectivity index (χ3v) is 6.88. The lowest BCUT2D eigenvalue weighted by molar-refractivity contribution is -0.113. The molecular weight excluding hydrogens is 403 g/mol. The maximum Gasteiger partial charge on any atom is 0.236 e. The Kier molecular flexibility index (Phi) is 6.71. The van der Waals surface area contributed by atoms with Crippen LogP contribution in [0.25, 0.3) is 0 Å². The fraction of sp³-hybridized carbons (Fsp3) is 0.526. The van der Waals surface area contributed by atoms with Crippen LogP contribution in [0.5, 0.6) is 0 Å². The summed E-state index contributed by atoms with van der Waals surface area (Å²) in [6, 6.07) is 0.487. The molecule has 0 spiro atoms. The van der Waals surface area contributed by atoms with Crippen LogP contribution in [0.2, 0.25) is 10.0 Å². The van der Waals surface area contributed by atoms with Crippen molar-refractivity contribution in [3.63, 3.8) is 0 Å². The number of nitrogens with zero attached hydrogens (tertiary/aromatic N) is 3. The zero-order valence-electron chi connectivity index (χ0n) is 15.8. The highest BCUT2D eigenvalue weighted by atomic mass is 35.5. The first kappa shape index (κ1) is 20.5. The monoisotopic (exact) mass is 426 g/mol. The van der Waals surface area contributed by atoms with Gasteiger partial charge in [-0.05, 0) is 39.2 Å². The van der Waals surface area contributed by atoms with E-state index in [0.717, 1.165) is 10.9 Å². The lowest BCUT2D eigenvalue weighted by Crippen LogP contribution is -2.18. The minimum absolute atomic E-state index is 0.162. The number of aromatic nitrogens is 3. The first-order valence-electron chi connectivity index (χ1n) is 9.17. The number of hydrogen-bond acceptors (Lipinski definition) is 4. The molecule has 0 atom stereocenters. The summed E-state index contributed by atoms with van der Waals surface area (Å²) in [4.78, 5) is 21.2. The van der Waals surface area contributed by atoms with Gasteiger partial charge < -0.3 is 9.88 Å². The highest BCUT2D eigenvalue weighted by Crippen LogP contribution is 2.34. The van der Waals surface area contributed by atoms with E-state index in [0.29, 0.717) is 27.5 Å². The quantitative estimate of drug-likeness (QED) is 0.618. The number of carbonyl (C=O) groups is 1. The summed E-state index contributed by atoms with van der Waals surface area (Å²) in [6.07, 6.45) is 7.67. The standard InChI is InChI=1S/C19H24Cl2N4OS/c1-11-15(20)9-22-18(17(11)21)24-16(26)10-27-19-23-12(2)13(3)25(19)14-7-5-4-6-8-14/h9,14H,4-8,10H2,1-3H3,(H,22,24,26). The van der Waals surface area contributed by atoms with Gasteiger partial charge in [0.2, 0.25) is 5.91 Å². The molecule has 3 rings (SSSR count). The molecule has 146 valence electrons. The molecule has 0 bridgehead atoms. The van der Waals surface area contributed by atoms with E-state index < -0.39 is 0 Å². The Morgan fingerprint density at radius 2 is 1.96 bits per heavy atom. The van der Waals surface area contributed by atoms with Crippen molar-refractivity contribution in [2.45, 2.75) is 64.1 Å². The number of pyridine rings is 1. The second-order valence-electron chi connectivity index (χ2n) is 6.96. The highest BCUT2D eigenvalue weighted by Gasteiger charge is 2.22. The Morgan fingerprint density at radius 3 is 2.67 bits per heavy atom. The maximum atomic E-state index is 12.4. The van der Waals surface area contributed by atoms with Gasteiger partial charge in [0.25, 0.3) is 0 Å². The number of nitrogens with one attached hydrogen (secondary N) is 1. The van der Waals surface area contributed by atoms with E-state index in [1.54, 1.807) is 6.92 Å². The van der Waals surface area contributed by atoms with E-state index in [2.05, 4.69) is 21.8 Å². The van der Waals surface area contributed by atoms with Crippen molar-refractivity contribution in [3.8, 4) is 0 Å². The van der Waals surface area contributed by atoms with Crippen molar-refractivity contribution in [1.29, 1.82) is 0 Å². The summed E-state index contributed by atoms with van der Waals surface area (Å²) >= 11 is 13.7. The Morgan fingerprint density at radius 1 is 1.26 bits per heavy atom. The summed E-state index contributed by atoms with van der Waals surface area (Å²) in [7, 11) is 0. The molecule has 2 aromatic rings. The molecular formula is C19H24Cl2N4OS. The average Bonchev–Trinajstić information content (AvgIpc) is 2.95. The lowest BCUT2D eigenvalue weighted by Gasteiger charge is -2.26. The molecule has 27 heavy (non-hydrogen) atoms. The second-order valence-corrected chi connectivity index (χ2v) is 8.69. The number of amides is 1. The van der Waals surface area contributed by atoms with Crippen LogP contribution in [0, 0.1) is 20.8 Å². The van der Waals surface area contributed by atoms with Crippen LogP contribution in [-0.4, -0.2) is 26.2 Å². The molecule has 1 N–H and O–H groups in total. The zero-order chi connectivity index (χ0) is 19.6. The Bertz CT molecular complexity index is 847. The molecule has 0 aliphatic heterocycles. The van der Waals surface area contributed by atoms with E-state index in [-0.39, 0.29) is 11.7 Å². The van der Waals surface area contributed by atoms with E-state index >= 15 is 0 Å². The van der Waals surface area contributed by atoms with Gasteiger partial charge in [-0.25, -0.2) is 9.97 Å². The second kappa shape index (κ2) is 8.84. The van der Waals surface area contributed by atoms with Crippen LogP contribution in [0.1, 0.15) is 55.1 Å². The van der Waals surface area contributed by atoms with Gasteiger partial charge in [0.15, 0.2) is 11.0 Å². The largest absolute Gasteiger partial charge is 0.320 e. The first-order chi connectivity index (χ1) is 12.9. The molecule has 1 amide bonds. The van der Waals surface area contributed by atoms with E-state index in [1.807, 2.05) is 6.92 Å². The van der Waals surface area contributed by atoms with Gasteiger partial charge in [0.1, 0.15) is 0 Å². The zero-order valence-corrected chi connectivity index (χ0v) is 18.1. The van der Waals surface area contributed by atoms with Crippen LogP contribution in [0.3, 0.4) is 0 Å². The lowest BCUT2D eigenvalue weighted by atomic mass is 9.95. The minimum atomic E-state index is -0.162. The third-order valence-electron chi connectivity index (χ3n) is 5.09. The Balaban J connectivity index is 1.69. The molecule has 0 radical (unpaired) electrons. The molecule has 1 aliphatic carbocycles. The van der Waals surface area contributed by atoms with Crippen LogP contribution < -0.4 is 5.32 Å². The van der Waals surface area contributed by atoms with Gasteiger partial charge in [-0.1, -0.05) is 54.2 Å². The smallest absolute Gasteiger partial charge is 0.236 e. The molecule has 5 nitrogen and oxygen atoms in total. The number of hydrogen-bond donors (Lipinski definition) is 1. The van der Waals surface area contributed by atoms with Gasteiger partial charge in [-0.15, -0.1) is 0 Å². The predicted molar refractivity (Wildman–Crippen MR) is 112 cm³/mol. The summed E-state index contributed by atoms with van der Waals surface area (Å²) in [5.74, 6) is 0.430. The Hall–Kier alpha value is -1.24. The van der Waals surface area contributed by atoms with Crippen LogP contribution in [0.4, 0.5) is 5.82 Å². The Labute approximate surface area is 174 Å². The van der Waals surface area contributed by atoms with Crippen molar-refractivity contribution in [2.24, 2.45) is 0 Å². The van der Waals surface area contributed by atoms with Gasteiger partial charge in [-0.2, -0.15) is 0 Å². The normalized spacial score (nSPS) is 15.1. The average molecular weight is 427 g/mol. The molecule has 1 aliphatic rings. The topological polar surface area (TPSA) is 59.8 Å². The van der Waals surface area contributed by atoms with Gasteiger partial charge in [0, 0.05) is 17.9 Å². The maximum absolute atomic E-state index is 12.4. The molecule has 1 saturated carbocycles.